The van der Waals surface area contributed by atoms with Crippen LogP contribution in [0.2, 0.25) is 5.02 Å². The van der Waals surface area contributed by atoms with E-state index < -0.39 is 0 Å². The number of ether oxygens (including phenoxy) is 1. The number of likely N-dealkylation sites (N-methyl/N-ethyl adjacent to an activating group) is 1. The first-order valence-corrected chi connectivity index (χ1v) is 6.57. The number of allylic oxidation sites excluding steroid dienone is 3. The normalized spacial score (nSPS) is 14.4. The Labute approximate surface area is 151 Å². The molecule has 0 aliphatic carbocycles. The van der Waals surface area contributed by atoms with Gasteiger partial charge in [-0.05, 0) is 29.8 Å². The van der Waals surface area contributed by atoms with Crippen molar-refractivity contribution in [2.45, 2.75) is 13.8 Å². The Morgan fingerprint density at radius 2 is 2.10 bits per heavy atom. The summed E-state index contributed by atoms with van der Waals surface area (Å²) in [5, 5.41) is 0.654. The van der Waals surface area contributed by atoms with Crippen LogP contribution in [-0.2, 0) is 32.7 Å². The first-order chi connectivity index (χ1) is 9.08. The molecule has 2 rings (SSSR count). The fourth-order valence-corrected chi connectivity index (χ4v) is 2.33. The summed E-state index contributed by atoms with van der Waals surface area (Å²) in [6, 6.07) is 5.67. The summed E-state index contributed by atoms with van der Waals surface area (Å²) < 4.78 is 5.17. The minimum Gasteiger partial charge on any atom is -0.497 e. The van der Waals surface area contributed by atoms with Gasteiger partial charge in [0, 0.05) is 39.3 Å². The van der Waals surface area contributed by atoms with Gasteiger partial charge < -0.3 is 9.64 Å². The Morgan fingerprint density at radius 3 is 2.65 bits per heavy atom. The number of benzene rings is 1. The van der Waals surface area contributed by atoms with Crippen LogP contribution in [0.15, 0.2) is 42.1 Å². The Kier molecular flexibility index (Phi) is 6.51. The maximum atomic E-state index is 6.33. The number of halogens is 1. The molecular formula is C16H17ClNOY-. The molecule has 0 spiro atoms. The van der Waals surface area contributed by atoms with E-state index in [1.54, 1.807) is 7.11 Å². The van der Waals surface area contributed by atoms with E-state index in [1.807, 2.05) is 31.2 Å². The Balaban J connectivity index is 0.00000200. The summed E-state index contributed by atoms with van der Waals surface area (Å²) in [6.07, 6.45) is 5.24. The van der Waals surface area contributed by atoms with Crippen molar-refractivity contribution in [2.24, 2.45) is 0 Å². The van der Waals surface area contributed by atoms with Crippen LogP contribution >= 0.6 is 11.6 Å². The van der Waals surface area contributed by atoms with Crippen molar-refractivity contribution in [2.75, 3.05) is 13.7 Å². The van der Waals surface area contributed by atoms with E-state index in [0.29, 0.717) is 5.02 Å². The van der Waals surface area contributed by atoms with E-state index in [1.165, 1.54) is 0 Å². The van der Waals surface area contributed by atoms with Crippen LogP contribution in [0.5, 0.6) is 5.75 Å². The molecule has 1 radical (unpaired) electrons. The second-order valence-electron chi connectivity index (χ2n) is 4.36. The molecule has 20 heavy (non-hydrogen) atoms. The van der Waals surface area contributed by atoms with Gasteiger partial charge in [0.1, 0.15) is 5.75 Å². The van der Waals surface area contributed by atoms with Crippen molar-refractivity contribution < 1.29 is 37.4 Å². The molecule has 0 amide bonds. The van der Waals surface area contributed by atoms with Gasteiger partial charge in [0.05, 0.1) is 7.11 Å². The predicted octanol–water partition coefficient (Wildman–Crippen LogP) is 4.29. The Bertz CT molecular complexity index is 578. The van der Waals surface area contributed by atoms with Gasteiger partial charge in [-0.25, -0.2) is 0 Å². The fraction of sp³-hybridized carbons (Fsp3) is 0.250. The molecule has 1 aliphatic rings. The molecule has 0 unspecified atom stereocenters. The molecule has 1 aromatic rings. The minimum absolute atomic E-state index is 0. The van der Waals surface area contributed by atoms with Gasteiger partial charge in [-0.3, -0.25) is 0 Å². The van der Waals surface area contributed by atoms with Gasteiger partial charge in [0.2, 0.25) is 0 Å². The first-order valence-electron chi connectivity index (χ1n) is 6.19. The van der Waals surface area contributed by atoms with Crippen molar-refractivity contribution in [3.05, 3.63) is 58.8 Å². The second kappa shape index (κ2) is 7.44. The van der Waals surface area contributed by atoms with Gasteiger partial charge >= 0.3 is 0 Å². The predicted molar refractivity (Wildman–Crippen MR) is 79.9 cm³/mol. The summed E-state index contributed by atoms with van der Waals surface area (Å²) in [4.78, 5) is 2.11. The van der Waals surface area contributed by atoms with Gasteiger partial charge in [0.25, 0.3) is 0 Å². The van der Waals surface area contributed by atoms with Crippen molar-refractivity contribution in [3.63, 3.8) is 0 Å². The molecule has 0 aromatic heterocycles. The third-order valence-electron chi connectivity index (χ3n) is 3.22. The number of rotatable bonds is 3. The van der Waals surface area contributed by atoms with E-state index in [9.17, 15) is 0 Å². The molecule has 0 saturated heterocycles. The standard InChI is InChI=1S/C16H17ClNO.Y/c1-5-18-12(3)11(2)6-9-16(18)14-8-7-13(19-4)10-15(14)17;/h6-8,10H,3,5H2,1-2,4H3;/q-1;. The maximum Gasteiger partial charge on any atom is 0.118 e. The Morgan fingerprint density at radius 1 is 1.40 bits per heavy atom. The van der Waals surface area contributed by atoms with Gasteiger partial charge in [-0.2, -0.15) is 12.2 Å². The van der Waals surface area contributed by atoms with E-state index >= 15 is 0 Å². The first kappa shape index (κ1) is 17.5. The molecular weight excluding hydrogens is 347 g/mol. The third kappa shape index (κ3) is 3.36. The zero-order chi connectivity index (χ0) is 14.0. The summed E-state index contributed by atoms with van der Waals surface area (Å²) >= 11 is 6.33. The van der Waals surface area contributed by atoms with Crippen molar-refractivity contribution in [3.8, 4) is 5.75 Å². The summed E-state index contributed by atoms with van der Waals surface area (Å²) in [5.74, 6) is 0.749. The van der Waals surface area contributed by atoms with Crippen molar-refractivity contribution in [1.29, 1.82) is 0 Å². The molecule has 1 aliphatic heterocycles. The van der Waals surface area contributed by atoms with Crippen LogP contribution in [0.4, 0.5) is 0 Å². The topological polar surface area (TPSA) is 12.5 Å². The SMILES string of the molecule is C=C1C(C)=C[C-]=C(c2ccc(OC)cc2Cl)N1CC.[Y]. The molecule has 4 heteroatoms. The van der Waals surface area contributed by atoms with Crippen LogP contribution in [-0.4, -0.2) is 18.6 Å². The number of hydrogen-bond acceptors (Lipinski definition) is 2. The van der Waals surface area contributed by atoms with Gasteiger partial charge in [-0.1, -0.05) is 36.4 Å². The minimum atomic E-state index is 0. The quantitative estimate of drug-likeness (QED) is 0.743. The largest absolute Gasteiger partial charge is 0.497 e. The Hall–Kier alpha value is -0.566. The maximum absolute atomic E-state index is 6.33. The molecule has 0 saturated carbocycles. The fourth-order valence-electron chi connectivity index (χ4n) is 2.07. The molecule has 103 valence electrons. The monoisotopic (exact) mass is 363 g/mol. The average molecular weight is 364 g/mol. The third-order valence-corrected chi connectivity index (χ3v) is 3.54. The van der Waals surface area contributed by atoms with E-state index in [-0.39, 0.29) is 32.7 Å². The second-order valence-corrected chi connectivity index (χ2v) is 4.76. The van der Waals surface area contributed by atoms with Crippen LogP contribution in [0.1, 0.15) is 19.4 Å². The molecule has 0 atom stereocenters. The van der Waals surface area contributed by atoms with Crippen LogP contribution < -0.4 is 4.74 Å². The van der Waals surface area contributed by atoms with Crippen molar-refractivity contribution >= 4 is 17.3 Å². The molecule has 2 nitrogen and oxygen atoms in total. The van der Waals surface area contributed by atoms with Crippen LogP contribution in [0.3, 0.4) is 0 Å². The van der Waals surface area contributed by atoms with Crippen molar-refractivity contribution in [1.82, 2.24) is 4.90 Å². The van der Waals surface area contributed by atoms with Crippen LogP contribution in [0.25, 0.3) is 5.70 Å². The summed E-state index contributed by atoms with van der Waals surface area (Å²) in [5.41, 5.74) is 4.00. The summed E-state index contributed by atoms with van der Waals surface area (Å²) in [6.45, 7) is 9.06. The molecule has 1 aromatic carbocycles. The van der Waals surface area contributed by atoms with E-state index in [4.69, 9.17) is 16.3 Å². The summed E-state index contributed by atoms with van der Waals surface area (Å²) in [7, 11) is 1.63. The zero-order valence-electron chi connectivity index (χ0n) is 12.0. The molecule has 0 fully saturated rings. The molecule has 0 N–H and O–H groups in total. The molecule has 1 heterocycles. The number of hydrogen-bond donors (Lipinski definition) is 0. The van der Waals surface area contributed by atoms with Gasteiger partial charge in [-0.15, -0.1) is 11.6 Å². The van der Waals surface area contributed by atoms with E-state index in [2.05, 4.69) is 24.5 Å². The average Bonchev–Trinajstić information content (AvgIpc) is 2.42. The number of nitrogens with zero attached hydrogens (tertiary/aromatic N) is 1. The smallest absolute Gasteiger partial charge is 0.118 e. The zero-order valence-corrected chi connectivity index (χ0v) is 15.6. The van der Waals surface area contributed by atoms with E-state index in [0.717, 1.165) is 34.8 Å². The molecule has 0 bridgehead atoms. The number of methoxy groups -OCH3 is 1. The van der Waals surface area contributed by atoms with Crippen LogP contribution in [0, 0.1) is 6.08 Å². The van der Waals surface area contributed by atoms with Gasteiger partial charge in [0.15, 0.2) is 0 Å².